The molecule has 0 radical (unpaired) electrons. The van der Waals surface area contributed by atoms with Gasteiger partial charge in [0.2, 0.25) is 0 Å². The second-order valence-electron chi connectivity index (χ2n) is 6.81. The molecule has 0 amide bonds. The molecule has 0 N–H and O–H groups in total. The molecule has 19 heavy (non-hydrogen) atoms. The summed E-state index contributed by atoms with van der Waals surface area (Å²) in [5.74, 6) is 0. The first-order valence-corrected chi connectivity index (χ1v) is 8.07. The molecule has 3 aliphatic heterocycles. The van der Waals surface area contributed by atoms with E-state index in [1.165, 1.54) is 71.6 Å². The Morgan fingerprint density at radius 2 is 1.05 bits per heavy atom. The van der Waals surface area contributed by atoms with E-state index in [2.05, 4.69) is 33.7 Å². The molecule has 3 aliphatic rings. The van der Waals surface area contributed by atoms with E-state index in [-0.39, 0.29) is 0 Å². The lowest BCUT2D eigenvalue weighted by Gasteiger charge is -2.43. The van der Waals surface area contributed by atoms with Crippen LogP contribution in [0, 0.1) is 0 Å². The molecular weight excluding hydrogens is 236 g/mol. The minimum absolute atomic E-state index is 0.838. The standard InChI is InChI=1S/C15H30N4/c1-16-6-3-14(4-7-16)18-9-11-19(12-10-18)15-5-8-17(2)13-15/h14-15H,3-13H2,1-2H3. The van der Waals surface area contributed by atoms with Crippen LogP contribution in [0.2, 0.25) is 0 Å². The number of piperidine rings is 1. The van der Waals surface area contributed by atoms with E-state index in [9.17, 15) is 0 Å². The Hall–Kier alpha value is -0.160. The van der Waals surface area contributed by atoms with Crippen molar-refractivity contribution in [1.82, 2.24) is 19.6 Å². The molecular formula is C15H30N4. The van der Waals surface area contributed by atoms with Gasteiger partial charge in [0, 0.05) is 44.8 Å². The Labute approximate surface area is 118 Å². The predicted octanol–water partition coefficient (Wildman–Crippen LogP) is 0.402. The van der Waals surface area contributed by atoms with E-state index in [0.29, 0.717) is 0 Å². The van der Waals surface area contributed by atoms with Crippen molar-refractivity contribution in [3.05, 3.63) is 0 Å². The summed E-state index contributed by atoms with van der Waals surface area (Å²) in [5, 5.41) is 0. The molecule has 1 atom stereocenters. The first-order chi connectivity index (χ1) is 9.22. The van der Waals surface area contributed by atoms with E-state index in [0.717, 1.165) is 12.1 Å². The summed E-state index contributed by atoms with van der Waals surface area (Å²) >= 11 is 0. The van der Waals surface area contributed by atoms with Gasteiger partial charge in [-0.1, -0.05) is 0 Å². The largest absolute Gasteiger partial charge is 0.306 e. The fourth-order valence-corrected chi connectivity index (χ4v) is 4.04. The van der Waals surface area contributed by atoms with Crippen molar-refractivity contribution in [2.75, 3.05) is 66.5 Å². The second-order valence-corrected chi connectivity index (χ2v) is 6.81. The van der Waals surface area contributed by atoms with Crippen LogP contribution in [0.15, 0.2) is 0 Å². The number of piperazine rings is 1. The highest BCUT2D eigenvalue weighted by molar-refractivity contribution is 4.88. The molecule has 0 aromatic rings. The molecule has 0 aromatic heterocycles. The smallest absolute Gasteiger partial charge is 0.0236 e. The number of hydrogen-bond donors (Lipinski definition) is 0. The number of nitrogens with zero attached hydrogens (tertiary/aromatic N) is 4. The van der Waals surface area contributed by atoms with Crippen molar-refractivity contribution in [2.24, 2.45) is 0 Å². The Balaban J connectivity index is 1.44. The molecule has 3 saturated heterocycles. The summed E-state index contributed by atoms with van der Waals surface area (Å²) in [6.45, 7) is 10.4. The van der Waals surface area contributed by atoms with Crippen LogP contribution in [0.4, 0.5) is 0 Å². The van der Waals surface area contributed by atoms with E-state index < -0.39 is 0 Å². The molecule has 4 nitrogen and oxygen atoms in total. The molecule has 0 aromatic carbocycles. The van der Waals surface area contributed by atoms with Crippen LogP contribution < -0.4 is 0 Å². The quantitative estimate of drug-likeness (QED) is 0.717. The number of likely N-dealkylation sites (N-methyl/N-ethyl adjacent to an activating group) is 1. The van der Waals surface area contributed by atoms with Crippen LogP contribution in [-0.4, -0.2) is 98.1 Å². The van der Waals surface area contributed by atoms with Gasteiger partial charge in [-0.3, -0.25) is 9.80 Å². The normalized spacial score (nSPS) is 34.1. The Kier molecular flexibility index (Phi) is 4.42. The monoisotopic (exact) mass is 266 g/mol. The maximum Gasteiger partial charge on any atom is 0.0236 e. The van der Waals surface area contributed by atoms with Crippen LogP contribution in [0.3, 0.4) is 0 Å². The first kappa shape index (κ1) is 13.8. The lowest BCUT2D eigenvalue weighted by molar-refractivity contribution is 0.0483. The van der Waals surface area contributed by atoms with Crippen molar-refractivity contribution in [1.29, 1.82) is 0 Å². The van der Waals surface area contributed by atoms with E-state index in [1.54, 1.807) is 0 Å². The Morgan fingerprint density at radius 3 is 1.58 bits per heavy atom. The van der Waals surface area contributed by atoms with Crippen LogP contribution in [0.5, 0.6) is 0 Å². The molecule has 0 saturated carbocycles. The van der Waals surface area contributed by atoms with E-state index in [1.807, 2.05) is 0 Å². The number of hydrogen-bond acceptors (Lipinski definition) is 4. The van der Waals surface area contributed by atoms with Gasteiger partial charge in [0.25, 0.3) is 0 Å². The van der Waals surface area contributed by atoms with Gasteiger partial charge in [0.05, 0.1) is 0 Å². The molecule has 3 fully saturated rings. The molecule has 4 heteroatoms. The summed E-state index contributed by atoms with van der Waals surface area (Å²) in [4.78, 5) is 10.5. The Bertz CT molecular complexity index is 280. The molecule has 3 heterocycles. The number of likely N-dealkylation sites (tertiary alicyclic amines) is 2. The van der Waals surface area contributed by atoms with Gasteiger partial charge >= 0.3 is 0 Å². The van der Waals surface area contributed by atoms with Crippen LogP contribution in [0.1, 0.15) is 19.3 Å². The maximum absolute atomic E-state index is 2.77. The van der Waals surface area contributed by atoms with E-state index >= 15 is 0 Å². The molecule has 3 rings (SSSR count). The summed E-state index contributed by atoms with van der Waals surface area (Å²) in [5.41, 5.74) is 0. The molecule has 1 unspecified atom stereocenters. The fraction of sp³-hybridized carbons (Fsp3) is 1.00. The minimum atomic E-state index is 0.838. The topological polar surface area (TPSA) is 13.0 Å². The number of rotatable bonds is 2. The van der Waals surface area contributed by atoms with Gasteiger partial charge in [-0.2, -0.15) is 0 Å². The van der Waals surface area contributed by atoms with Crippen molar-refractivity contribution >= 4 is 0 Å². The zero-order chi connectivity index (χ0) is 13.2. The average Bonchev–Trinajstić information content (AvgIpc) is 2.87. The first-order valence-electron chi connectivity index (χ1n) is 8.07. The van der Waals surface area contributed by atoms with Gasteiger partial charge in [0.15, 0.2) is 0 Å². The van der Waals surface area contributed by atoms with Crippen LogP contribution in [-0.2, 0) is 0 Å². The van der Waals surface area contributed by atoms with Crippen LogP contribution >= 0.6 is 0 Å². The molecule has 0 aliphatic carbocycles. The summed E-state index contributed by atoms with van der Waals surface area (Å²) in [7, 11) is 4.51. The summed E-state index contributed by atoms with van der Waals surface area (Å²) < 4.78 is 0. The van der Waals surface area contributed by atoms with E-state index in [4.69, 9.17) is 0 Å². The molecule has 0 spiro atoms. The third-order valence-corrected chi connectivity index (χ3v) is 5.44. The fourth-order valence-electron chi connectivity index (χ4n) is 4.04. The summed E-state index contributed by atoms with van der Waals surface area (Å²) in [6, 6.07) is 1.70. The van der Waals surface area contributed by atoms with Crippen molar-refractivity contribution in [3.8, 4) is 0 Å². The van der Waals surface area contributed by atoms with Gasteiger partial charge in [-0.25, -0.2) is 0 Å². The zero-order valence-electron chi connectivity index (χ0n) is 12.7. The molecule has 110 valence electrons. The third kappa shape index (κ3) is 3.30. The highest BCUT2D eigenvalue weighted by Gasteiger charge is 2.31. The van der Waals surface area contributed by atoms with Gasteiger partial charge in [-0.05, 0) is 53.0 Å². The minimum Gasteiger partial charge on any atom is -0.306 e. The highest BCUT2D eigenvalue weighted by Crippen LogP contribution is 2.20. The van der Waals surface area contributed by atoms with Crippen molar-refractivity contribution < 1.29 is 0 Å². The highest BCUT2D eigenvalue weighted by atomic mass is 15.3. The maximum atomic E-state index is 2.77. The van der Waals surface area contributed by atoms with Gasteiger partial charge in [0.1, 0.15) is 0 Å². The average molecular weight is 266 g/mol. The van der Waals surface area contributed by atoms with Crippen LogP contribution in [0.25, 0.3) is 0 Å². The molecule has 0 bridgehead atoms. The van der Waals surface area contributed by atoms with Gasteiger partial charge < -0.3 is 9.80 Å². The second kappa shape index (κ2) is 6.08. The lowest BCUT2D eigenvalue weighted by Crippen LogP contribution is -2.55. The zero-order valence-corrected chi connectivity index (χ0v) is 12.7. The van der Waals surface area contributed by atoms with Crippen molar-refractivity contribution in [2.45, 2.75) is 31.3 Å². The SMILES string of the molecule is CN1CCC(N2CCN(C3CCN(C)C3)CC2)CC1. The van der Waals surface area contributed by atoms with Gasteiger partial charge in [-0.15, -0.1) is 0 Å². The summed E-state index contributed by atoms with van der Waals surface area (Å²) in [6.07, 6.45) is 4.13. The predicted molar refractivity (Wildman–Crippen MR) is 79.6 cm³/mol. The Morgan fingerprint density at radius 1 is 0.579 bits per heavy atom. The lowest BCUT2D eigenvalue weighted by atomic mass is 10.0. The van der Waals surface area contributed by atoms with Crippen molar-refractivity contribution in [3.63, 3.8) is 0 Å². The third-order valence-electron chi connectivity index (χ3n) is 5.44.